The topological polar surface area (TPSA) is 24.8 Å². The van der Waals surface area contributed by atoms with Gasteiger partial charge in [0.15, 0.2) is 0 Å². The van der Waals surface area contributed by atoms with E-state index in [0.717, 1.165) is 26.1 Å². The van der Waals surface area contributed by atoms with Crippen molar-refractivity contribution in [3.8, 4) is 0 Å². The summed E-state index contributed by atoms with van der Waals surface area (Å²) >= 11 is 2.39. The van der Waals surface area contributed by atoms with E-state index in [2.05, 4.69) is 32.7 Å². The van der Waals surface area contributed by atoms with Crippen LogP contribution < -0.4 is 0 Å². The number of hydrogen-bond acceptors (Lipinski definition) is 3. The molecule has 64 valence electrons. The standard InChI is InChI=1S/C7H13IN2O/c1-11-4-2-3-10-6-7(8)5-9-10/h5,7H,2-4,6H2,1H3. The second kappa shape index (κ2) is 4.92. The van der Waals surface area contributed by atoms with Crippen molar-refractivity contribution in [3.05, 3.63) is 0 Å². The second-order valence-corrected chi connectivity index (χ2v) is 4.14. The van der Waals surface area contributed by atoms with E-state index in [1.54, 1.807) is 7.11 Å². The van der Waals surface area contributed by atoms with Crippen LogP contribution in [0.25, 0.3) is 0 Å². The predicted octanol–water partition coefficient (Wildman–Crippen LogP) is 1.13. The largest absolute Gasteiger partial charge is 0.385 e. The van der Waals surface area contributed by atoms with Gasteiger partial charge in [-0.05, 0) is 6.42 Å². The van der Waals surface area contributed by atoms with Gasteiger partial charge in [0.2, 0.25) is 0 Å². The number of hydrazone groups is 1. The summed E-state index contributed by atoms with van der Waals surface area (Å²) in [6.45, 7) is 2.91. The molecule has 0 radical (unpaired) electrons. The van der Waals surface area contributed by atoms with E-state index in [1.807, 2.05) is 6.21 Å². The van der Waals surface area contributed by atoms with Crippen molar-refractivity contribution in [2.45, 2.75) is 10.3 Å². The molecule has 1 heterocycles. The Balaban J connectivity index is 2.05. The molecule has 4 heteroatoms. The van der Waals surface area contributed by atoms with E-state index in [0.29, 0.717) is 3.92 Å². The fraction of sp³-hybridized carbons (Fsp3) is 0.857. The van der Waals surface area contributed by atoms with Crippen LogP contribution >= 0.6 is 22.6 Å². The maximum absolute atomic E-state index is 4.95. The molecule has 0 aliphatic carbocycles. The zero-order valence-electron chi connectivity index (χ0n) is 6.66. The minimum atomic E-state index is 0.593. The lowest BCUT2D eigenvalue weighted by atomic mass is 10.4. The maximum Gasteiger partial charge on any atom is 0.0672 e. The zero-order chi connectivity index (χ0) is 8.10. The SMILES string of the molecule is COCCCN1CC(I)C=N1. The summed E-state index contributed by atoms with van der Waals surface area (Å²) in [4.78, 5) is 0. The second-order valence-electron chi connectivity index (χ2n) is 2.54. The highest BCUT2D eigenvalue weighted by Crippen LogP contribution is 2.08. The molecule has 1 rings (SSSR count). The summed E-state index contributed by atoms with van der Waals surface area (Å²) in [5, 5.41) is 6.33. The summed E-state index contributed by atoms with van der Waals surface area (Å²) in [6.07, 6.45) is 3.06. The fourth-order valence-electron chi connectivity index (χ4n) is 1.00. The average molecular weight is 268 g/mol. The molecule has 0 aromatic carbocycles. The molecular weight excluding hydrogens is 255 g/mol. The van der Waals surface area contributed by atoms with E-state index in [9.17, 15) is 0 Å². The molecule has 0 bridgehead atoms. The molecule has 0 amide bonds. The van der Waals surface area contributed by atoms with Crippen molar-refractivity contribution < 1.29 is 4.74 Å². The van der Waals surface area contributed by atoms with Gasteiger partial charge in [0, 0.05) is 26.5 Å². The zero-order valence-corrected chi connectivity index (χ0v) is 8.82. The molecule has 0 aromatic rings. The first kappa shape index (κ1) is 9.25. The first-order valence-electron chi connectivity index (χ1n) is 3.75. The third-order valence-corrected chi connectivity index (χ3v) is 2.26. The lowest BCUT2D eigenvalue weighted by Gasteiger charge is -2.13. The maximum atomic E-state index is 4.95. The van der Waals surface area contributed by atoms with Crippen molar-refractivity contribution in [1.82, 2.24) is 5.01 Å². The molecule has 0 aromatic heterocycles. The molecule has 1 aliphatic rings. The summed E-state index contributed by atoms with van der Waals surface area (Å²) < 4.78 is 5.54. The number of halogens is 1. The van der Waals surface area contributed by atoms with Crippen molar-refractivity contribution in [3.63, 3.8) is 0 Å². The quantitative estimate of drug-likeness (QED) is 0.434. The van der Waals surface area contributed by atoms with Gasteiger partial charge >= 0.3 is 0 Å². The van der Waals surface area contributed by atoms with Gasteiger partial charge in [-0.2, -0.15) is 5.10 Å². The van der Waals surface area contributed by atoms with E-state index >= 15 is 0 Å². The van der Waals surface area contributed by atoms with Crippen molar-refractivity contribution in [2.24, 2.45) is 5.10 Å². The lowest BCUT2D eigenvalue weighted by Crippen LogP contribution is -2.20. The minimum absolute atomic E-state index is 0.593. The van der Waals surface area contributed by atoms with E-state index in [-0.39, 0.29) is 0 Å². The summed E-state index contributed by atoms with van der Waals surface area (Å²) in [5.41, 5.74) is 0. The minimum Gasteiger partial charge on any atom is -0.385 e. The smallest absolute Gasteiger partial charge is 0.0672 e. The number of ether oxygens (including phenoxy) is 1. The molecule has 0 saturated heterocycles. The van der Waals surface area contributed by atoms with Crippen LogP contribution in [-0.4, -0.2) is 42.0 Å². The molecule has 1 atom stereocenters. The van der Waals surface area contributed by atoms with Crippen LogP contribution in [0, 0.1) is 0 Å². The fourth-order valence-corrected chi connectivity index (χ4v) is 1.60. The third-order valence-electron chi connectivity index (χ3n) is 1.54. The molecule has 11 heavy (non-hydrogen) atoms. The third kappa shape index (κ3) is 3.37. The van der Waals surface area contributed by atoms with E-state index in [1.165, 1.54) is 0 Å². The Hall–Kier alpha value is 0.160. The molecule has 0 spiro atoms. The Morgan fingerprint density at radius 3 is 3.18 bits per heavy atom. The first-order valence-corrected chi connectivity index (χ1v) is 4.99. The lowest BCUT2D eigenvalue weighted by molar-refractivity contribution is 0.177. The Morgan fingerprint density at radius 1 is 1.82 bits per heavy atom. The van der Waals surface area contributed by atoms with Crippen LogP contribution in [0.1, 0.15) is 6.42 Å². The number of nitrogens with zero attached hydrogens (tertiary/aromatic N) is 2. The monoisotopic (exact) mass is 268 g/mol. The Bertz CT molecular complexity index is 140. The number of rotatable bonds is 4. The van der Waals surface area contributed by atoms with Crippen LogP contribution in [0.2, 0.25) is 0 Å². The van der Waals surface area contributed by atoms with E-state index in [4.69, 9.17) is 4.74 Å². The predicted molar refractivity (Wildman–Crippen MR) is 54.4 cm³/mol. The van der Waals surface area contributed by atoms with Gasteiger partial charge in [-0.3, -0.25) is 5.01 Å². The van der Waals surface area contributed by atoms with E-state index < -0.39 is 0 Å². The number of methoxy groups -OCH3 is 1. The van der Waals surface area contributed by atoms with Gasteiger partial charge in [-0.1, -0.05) is 22.6 Å². The highest BCUT2D eigenvalue weighted by molar-refractivity contribution is 14.1. The first-order chi connectivity index (χ1) is 5.33. The van der Waals surface area contributed by atoms with Crippen LogP contribution in [0.3, 0.4) is 0 Å². The molecule has 0 N–H and O–H groups in total. The molecular formula is C7H13IN2O. The van der Waals surface area contributed by atoms with Crippen LogP contribution in [0.5, 0.6) is 0 Å². The van der Waals surface area contributed by atoms with Crippen LogP contribution in [-0.2, 0) is 4.74 Å². The van der Waals surface area contributed by atoms with Crippen molar-refractivity contribution in [2.75, 3.05) is 26.8 Å². The molecule has 0 saturated carbocycles. The summed E-state index contributed by atoms with van der Waals surface area (Å²) in [5.74, 6) is 0. The van der Waals surface area contributed by atoms with Crippen LogP contribution in [0.15, 0.2) is 5.10 Å². The average Bonchev–Trinajstić information content (AvgIpc) is 2.37. The number of hydrogen-bond donors (Lipinski definition) is 0. The van der Waals surface area contributed by atoms with Gasteiger partial charge < -0.3 is 4.74 Å². The highest BCUT2D eigenvalue weighted by atomic mass is 127. The Morgan fingerprint density at radius 2 is 2.64 bits per heavy atom. The summed E-state index contributed by atoms with van der Waals surface area (Å²) in [7, 11) is 1.73. The molecule has 1 unspecified atom stereocenters. The number of alkyl halides is 1. The molecule has 0 fully saturated rings. The highest BCUT2D eigenvalue weighted by Gasteiger charge is 2.12. The Kier molecular flexibility index (Phi) is 4.14. The van der Waals surface area contributed by atoms with Gasteiger partial charge in [-0.25, -0.2) is 0 Å². The van der Waals surface area contributed by atoms with Gasteiger partial charge in [0.05, 0.1) is 10.5 Å². The van der Waals surface area contributed by atoms with Crippen molar-refractivity contribution >= 4 is 28.8 Å². The Labute approximate surface area is 80.9 Å². The van der Waals surface area contributed by atoms with Gasteiger partial charge in [-0.15, -0.1) is 0 Å². The normalized spacial score (nSPS) is 23.1. The molecule has 3 nitrogen and oxygen atoms in total. The molecule has 1 aliphatic heterocycles. The van der Waals surface area contributed by atoms with Crippen molar-refractivity contribution in [1.29, 1.82) is 0 Å². The van der Waals surface area contributed by atoms with Gasteiger partial charge in [0.1, 0.15) is 0 Å². The van der Waals surface area contributed by atoms with Crippen LogP contribution in [0.4, 0.5) is 0 Å². The summed E-state index contributed by atoms with van der Waals surface area (Å²) in [6, 6.07) is 0. The van der Waals surface area contributed by atoms with Gasteiger partial charge in [0.25, 0.3) is 0 Å².